The van der Waals surface area contributed by atoms with Gasteiger partial charge in [-0.3, -0.25) is 0 Å². The van der Waals surface area contributed by atoms with Crippen molar-refractivity contribution in [3.63, 3.8) is 0 Å². The molecule has 0 bridgehead atoms. The first-order chi connectivity index (χ1) is 8.94. The summed E-state index contributed by atoms with van der Waals surface area (Å²) in [5.74, 6) is -1.27. The van der Waals surface area contributed by atoms with Crippen LogP contribution in [0.3, 0.4) is 0 Å². The van der Waals surface area contributed by atoms with Gasteiger partial charge < -0.3 is 10.2 Å². The van der Waals surface area contributed by atoms with Gasteiger partial charge in [0.1, 0.15) is 0 Å². The average Bonchev–Trinajstić information content (AvgIpc) is 2.37. The first kappa shape index (κ1) is 13.3. The van der Waals surface area contributed by atoms with Crippen molar-refractivity contribution in [2.45, 2.75) is 19.4 Å². The quantitative estimate of drug-likeness (QED) is 0.887. The molecule has 0 spiro atoms. The second-order valence-electron chi connectivity index (χ2n) is 4.76. The third-order valence-corrected chi connectivity index (χ3v) is 3.14. The highest BCUT2D eigenvalue weighted by molar-refractivity contribution is 5.83. The summed E-state index contributed by atoms with van der Waals surface area (Å²) in [6.45, 7) is 3.76. The molecule has 0 aliphatic rings. The van der Waals surface area contributed by atoms with Crippen LogP contribution < -0.4 is 0 Å². The van der Waals surface area contributed by atoms with Crippen molar-refractivity contribution in [1.29, 1.82) is 0 Å². The minimum atomic E-state index is -2.02. The lowest BCUT2D eigenvalue weighted by Gasteiger charge is -2.25. The van der Waals surface area contributed by atoms with E-state index in [1.165, 1.54) is 0 Å². The number of carboxylic acid groups (broad SMARTS) is 1. The topological polar surface area (TPSA) is 57.5 Å². The van der Waals surface area contributed by atoms with Crippen LogP contribution in [0.4, 0.5) is 0 Å². The number of aliphatic hydroxyl groups is 1. The van der Waals surface area contributed by atoms with E-state index in [-0.39, 0.29) is 0 Å². The first-order valence-electron chi connectivity index (χ1n) is 6.04. The minimum Gasteiger partial charge on any atom is -0.479 e. The van der Waals surface area contributed by atoms with Gasteiger partial charge in [0.25, 0.3) is 0 Å². The van der Waals surface area contributed by atoms with Gasteiger partial charge in [0, 0.05) is 0 Å². The number of rotatable bonds is 3. The van der Waals surface area contributed by atoms with E-state index in [0.29, 0.717) is 11.1 Å². The van der Waals surface area contributed by atoms with Crippen molar-refractivity contribution in [3.8, 4) is 0 Å². The second-order valence-corrected chi connectivity index (χ2v) is 4.76. The number of aryl methyl sites for hydroxylation is 2. The normalized spacial score (nSPS) is 13.8. The van der Waals surface area contributed by atoms with Crippen LogP contribution in [0.5, 0.6) is 0 Å². The molecule has 2 aromatic rings. The van der Waals surface area contributed by atoms with Crippen LogP contribution >= 0.6 is 0 Å². The molecule has 0 saturated heterocycles. The SMILES string of the molecule is Cc1cc(C)cc([C@@](O)(C(=O)O)c2ccccc2)c1. The third kappa shape index (κ3) is 2.37. The Morgan fingerprint density at radius 2 is 1.47 bits per heavy atom. The van der Waals surface area contributed by atoms with E-state index in [1.807, 2.05) is 19.9 Å². The number of hydrogen-bond acceptors (Lipinski definition) is 2. The number of hydrogen-bond donors (Lipinski definition) is 2. The number of carboxylic acids is 1. The second kappa shape index (κ2) is 4.86. The fourth-order valence-electron chi connectivity index (χ4n) is 2.28. The molecular weight excluding hydrogens is 240 g/mol. The summed E-state index contributed by atoms with van der Waals surface area (Å²) in [7, 11) is 0. The number of aliphatic carboxylic acids is 1. The van der Waals surface area contributed by atoms with Crippen molar-refractivity contribution in [3.05, 3.63) is 70.8 Å². The predicted octanol–water partition coefficient (Wildman–Crippen LogP) is 2.62. The first-order valence-corrected chi connectivity index (χ1v) is 6.04. The molecule has 0 aromatic heterocycles. The molecule has 2 aromatic carbocycles. The van der Waals surface area contributed by atoms with Gasteiger partial charge >= 0.3 is 5.97 Å². The van der Waals surface area contributed by atoms with E-state index in [0.717, 1.165) is 11.1 Å². The summed E-state index contributed by atoms with van der Waals surface area (Å²) < 4.78 is 0. The van der Waals surface area contributed by atoms with Crippen LogP contribution in [0.15, 0.2) is 48.5 Å². The zero-order valence-corrected chi connectivity index (χ0v) is 10.9. The Bertz CT molecular complexity index is 584. The van der Waals surface area contributed by atoms with Crippen LogP contribution in [0, 0.1) is 13.8 Å². The van der Waals surface area contributed by atoms with Crippen LogP contribution in [0.1, 0.15) is 22.3 Å². The molecule has 0 aliphatic heterocycles. The van der Waals surface area contributed by atoms with Crippen LogP contribution in [-0.4, -0.2) is 16.2 Å². The van der Waals surface area contributed by atoms with Gasteiger partial charge in [0.15, 0.2) is 0 Å². The van der Waals surface area contributed by atoms with Gasteiger partial charge in [-0.1, -0.05) is 59.7 Å². The van der Waals surface area contributed by atoms with E-state index in [4.69, 9.17) is 0 Å². The standard InChI is InChI=1S/C16H16O3/c1-11-8-12(2)10-14(9-11)16(19,15(17)18)13-6-4-3-5-7-13/h3-10,19H,1-2H3,(H,17,18)/t16-/m1/s1. The highest BCUT2D eigenvalue weighted by Gasteiger charge is 2.40. The zero-order valence-electron chi connectivity index (χ0n) is 10.9. The highest BCUT2D eigenvalue weighted by Crippen LogP contribution is 2.31. The molecule has 3 heteroatoms. The van der Waals surface area contributed by atoms with E-state index >= 15 is 0 Å². The highest BCUT2D eigenvalue weighted by atomic mass is 16.4. The Morgan fingerprint density at radius 3 is 1.95 bits per heavy atom. The Morgan fingerprint density at radius 1 is 0.947 bits per heavy atom. The molecule has 0 radical (unpaired) electrons. The summed E-state index contributed by atoms with van der Waals surface area (Å²) in [6, 6.07) is 13.8. The largest absolute Gasteiger partial charge is 0.479 e. The number of benzene rings is 2. The summed E-state index contributed by atoms with van der Waals surface area (Å²) in [4.78, 5) is 11.6. The summed E-state index contributed by atoms with van der Waals surface area (Å²) in [5.41, 5.74) is 0.560. The van der Waals surface area contributed by atoms with Crippen LogP contribution in [0.25, 0.3) is 0 Å². The lowest BCUT2D eigenvalue weighted by atomic mass is 9.85. The van der Waals surface area contributed by atoms with Gasteiger partial charge in [-0.25, -0.2) is 4.79 Å². The molecule has 0 saturated carbocycles. The molecule has 98 valence electrons. The van der Waals surface area contributed by atoms with Gasteiger partial charge in [-0.2, -0.15) is 0 Å². The lowest BCUT2D eigenvalue weighted by molar-refractivity contribution is -0.155. The molecule has 19 heavy (non-hydrogen) atoms. The maximum atomic E-state index is 11.6. The van der Waals surface area contributed by atoms with Gasteiger partial charge in [0.05, 0.1) is 0 Å². The van der Waals surface area contributed by atoms with Gasteiger partial charge in [-0.05, 0) is 25.0 Å². The lowest BCUT2D eigenvalue weighted by Crippen LogP contribution is -2.36. The summed E-state index contributed by atoms with van der Waals surface area (Å²) >= 11 is 0. The molecule has 0 unspecified atom stereocenters. The third-order valence-electron chi connectivity index (χ3n) is 3.14. The minimum absolute atomic E-state index is 0.354. The van der Waals surface area contributed by atoms with Crippen LogP contribution in [-0.2, 0) is 10.4 Å². The number of carbonyl (C=O) groups is 1. The van der Waals surface area contributed by atoms with Crippen molar-refractivity contribution in [2.24, 2.45) is 0 Å². The Balaban J connectivity index is 2.67. The molecule has 0 aliphatic carbocycles. The molecule has 3 nitrogen and oxygen atoms in total. The molecule has 2 rings (SSSR count). The fraction of sp³-hybridized carbons (Fsp3) is 0.188. The Kier molecular flexibility index (Phi) is 3.40. The molecule has 1 atom stereocenters. The van der Waals surface area contributed by atoms with Crippen molar-refractivity contribution in [2.75, 3.05) is 0 Å². The van der Waals surface area contributed by atoms with Crippen molar-refractivity contribution < 1.29 is 15.0 Å². The van der Waals surface area contributed by atoms with Crippen molar-refractivity contribution in [1.82, 2.24) is 0 Å². The molecular formula is C16H16O3. The van der Waals surface area contributed by atoms with E-state index in [1.54, 1.807) is 42.5 Å². The molecule has 2 N–H and O–H groups in total. The molecule has 0 heterocycles. The van der Waals surface area contributed by atoms with E-state index in [9.17, 15) is 15.0 Å². The van der Waals surface area contributed by atoms with Gasteiger partial charge in [-0.15, -0.1) is 0 Å². The van der Waals surface area contributed by atoms with Crippen LogP contribution in [0.2, 0.25) is 0 Å². The molecule has 0 fully saturated rings. The van der Waals surface area contributed by atoms with E-state index < -0.39 is 11.6 Å². The van der Waals surface area contributed by atoms with E-state index in [2.05, 4.69) is 0 Å². The summed E-state index contributed by atoms with van der Waals surface area (Å²) in [5, 5.41) is 20.2. The Hall–Kier alpha value is -2.13. The molecule has 0 amide bonds. The smallest absolute Gasteiger partial charge is 0.345 e. The maximum Gasteiger partial charge on any atom is 0.345 e. The van der Waals surface area contributed by atoms with Gasteiger partial charge in [0.2, 0.25) is 5.60 Å². The summed E-state index contributed by atoms with van der Waals surface area (Å²) in [6.07, 6.45) is 0. The average molecular weight is 256 g/mol. The van der Waals surface area contributed by atoms with Crippen molar-refractivity contribution >= 4 is 5.97 Å². The monoisotopic (exact) mass is 256 g/mol. The predicted molar refractivity (Wildman–Crippen MR) is 73.0 cm³/mol. The Labute approximate surface area is 112 Å². The maximum absolute atomic E-state index is 11.6. The fourth-order valence-corrected chi connectivity index (χ4v) is 2.28. The zero-order chi connectivity index (χ0) is 14.0.